The van der Waals surface area contributed by atoms with E-state index in [0.29, 0.717) is 39.4 Å². The Hall–Kier alpha value is -1.47. The molecule has 154 valence electrons. The number of carbonyl (C=O) groups excluding carboxylic acids is 1. The van der Waals surface area contributed by atoms with E-state index in [-0.39, 0.29) is 5.91 Å². The molecular weight excluding hydrogens is 354 g/mol. The molecule has 1 N–H and O–H groups in total. The molecule has 2 saturated heterocycles. The molecule has 1 unspecified atom stereocenters. The van der Waals surface area contributed by atoms with Gasteiger partial charge in [0.1, 0.15) is 5.60 Å². The van der Waals surface area contributed by atoms with Gasteiger partial charge in [-0.3, -0.25) is 9.69 Å². The Kier molecular flexibility index (Phi) is 6.01. The van der Waals surface area contributed by atoms with Crippen LogP contribution in [0.15, 0.2) is 18.2 Å². The number of carbonyl (C=O) groups is 1. The molecule has 0 spiro atoms. The second kappa shape index (κ2) is 8.49. The number of hydrogen-bond donors (Lipinski definition) is 1. The van der Waals surface area contributed by atoms with Gasteiger partial charge in [-0.1, -0.05) is 17.7 Å². The molecule has 6 nitrogen and oxygen atoms in total. The van der Waals surface area contributed by atoms with Gasteiger partial charge in [0.25, 0.3) is 0 Å². The summed E-state index contributed by atoms with van der Waals surface area (Å²) in [5.41, 5.74) is 2.66. The molecule has 3 aliphatic heterocycles. The average Bonchev–Trinajstić information content (AvgIpc) is 3.09. The first-order chi connectivity index (χ1) is 13.5. The van der Waals surface area contributed by atoms with Crippen molar-refractivity contribution in [3.8, 4) is 0 Å². The summed E-state index contributed by atoms with van der Waals surface area (Å²) in [5, 5.41) is 11.2. The Morgan fingerprint density at radius 2 is 1.96 bits per heavy atom. The lowest BCUT2D eigenvalue weighted by atomic mass is 9.99. The summed E-state index contributed by atoms with van der Waals surface area (Å²) in [4.78, 5) is 19.5. The van der Waals surface area contributed by atoms with Gasteiger partial charge in [-0.15, -0.1) is 0 Å². The lowest BCUT2D eigenvalue weighted by molar-refractivity contribution is -0.120. The van der Waals surface area contributed by atoms with Gasteiger partial charge in [-0.2, -0.15) is 0 Å². The number of aryl methyl sites for hydroxylation is 2. The SMILES string of the molecule is Cc1ccc2c(c1)CCCN2C(=O)CN1CCOCC(O)(CN2CCCC2)C1. The molecule has 1 aromatic rings. The molecule has 3 aliphatic rings. The highest BCUT2D eigenvalue weighted by Crippen LogP contribution is 2.28. The van der Waals surface area contributed by atoms with Gasteiger partial charge in [0, 0.05) is 31.9 Å². The van der Waals surface area contributed by atoms with E-state index in [1.54, 1.807) is 0 Å². The number of ether oxygens (including phenoxy) is 1. The minimum atomic E-state index is -0.905. The van der Waals surface area contributed by atoms with Gasteiger partial charge in [-0.25, -0.2) is 0 Å². The Morgan fingerprint density at radius 1 is 1.14 bits per heavy atom. The molecule has 28 heavy (non-hydrogen) atoms. The smallest absolute Gasteiger partial charge is 0.241 e. The van der Waals surface area contributed by atoms with Crippen molar-refractivity contribution in [3.05, 3.63) is 29.3 Å². The van der Waals surface area contributed by atoms with E-state index in [1.165, 1.54) is 24.0 Å². The number of benzene rings is 1. The van der Waals surface area contributed by atoms with Crippen molar-refractivity contribution >= 4 is 11.6 Å². The fourth-order valence-corrected chi connectivity index (χ4v) is 4.85. The molecule has 1 amide bonds. The first-order valence-corrected chi connectivity index (χ1v) is 10.7. The van der Waals surface area contributed by atoms with Crippen LogP contribution < -0.4 is 4.90 Å². The van der Waals surface area contributed by atoms with E-state index in [1.807, 2.05) is 4.90 Å². The number of rotatable bonds is 4. The fraction of sp³-hybridized carbons (Fsp3) is 0.682. The van der Waals surface area contributed by atoms with E-state index >= 15 is 0 Å². The Balaban J connectivity index is 1.42. The summed E-state index contributed by atoms with van der Waals surface area (Å²) in [6, 6.07) is 6.36. The van der Waals surface area contributed by atoms with E-state index in [9.17, 15) is 9.90 Å². The normalized spacial score (nSPS) is 26.9. The molecule has 1 atom stereocenters. The third-order valence-electron chi connectivity index (χ3n) is 6.17. The van der Waals surface area contributed by atoms with Crippen molar-refractivity contribution in [1.82, 2.24) is 9.80 Å². The Labute approximate surface area is 168 Å². The van der Waals surface area contributed by atoms with Crippen LogP contribution in [0.5, 0.6) is 0 Å². The molecular formula is C22H33N3O3. The maximum atomic E-state index is 13.1. The summed E-state index contributed by atoms with van der Waals surface area (Å²) in [5.74, 6) is 0.121. The summed E-state index contributed by atoms with van der Waals surface area (Å²) in [6.45, 7) is 8.01. The van der Waals surface area contributed by atoms with Crippen LogP contribution in [0.2, 0.25) is 0 Å². The summed E-state index contributed by atoms with van der Waals surface area (Å²) in [6.07, 6.45) is 4.44. The molecule has 0 bridgehead atoms. The molecule has 2 fully saturated rings. The van der Waals surface area contributed by atoms with Crippen LogP contribution in [-0.4, -0.2) is 85.4 Å². The van der Waals surface area contributed by atoms with E-state index in [0.717, 1.165) is 38.2 Å². The Bertz CT molecular complexity index is 704. The van der Waals surface area contributed by atoms with Crippen LogP contribution in [0.1, 0.15) is 30.4 Å². The second-order valence-corrected chi connectivity index (χ2v) is 8.75. The molecule has 3 heterocycles. The monoisotopic (exact) mass is 387 g/mol. The summed E-state index contributed by atoms with van der Waals surface area (Å²) >= 11 is 0. The highest BCUT2D eigenvalue weighted by Gasteiger charge is 2.36. The summed E-state index contributed by atoms with van der Waals surface area (Å²) in [7, 11) is 0. The van der Waals surface area contributed by atoms with Gasteiger partial charge in [0.2, 0.25) is 5.91 Å². The van der Waals surface area contributed by atoms with Crippen molar-refractivity contribution < 1.29 is 14.6 Å². The number of anilines is 1. The number of fused-ring (bicyclic) bond motifs is 1. The van der Waals surface area contributed by atoms with Crippen molar-refractivity contribution in [1.29, 1.82) is 0 Å². The van der Waals surface area contributed by atoms with Gasteiger partial charge >= 0.3 is 0 Å². The third kappa shape index (κ3) is 4.57. The zero-order valence-electron chi connectivity index (χ0n) is 17.0. The first-order valence-electron chi connectivity index (χ1n) is 10.7. The number of aliphatic hydroxyl groups is 1. The van der Waals surface area contributed by atoms with Gasteiger partial charge < -0.3 is 19.6 Å². The van der Waals surface area contributed by atoms with Crippen molar-refractivity contribution in [2.75, 3.05) is 63.9 Å². The van der Waals surface area contributed by atoms with Crippen LogP contribution >= 0.6 is 0 Å². The number of nitrogens with zero attached hydrogens (tertiary/aromatic N) is 3. The maximum Gasteiger partial charge on any atom is 0.241 e. The van der Waals surface area contributed by atoms with E-state index in [4.69, 9.17) is 4.74 Å². The largest absolute Gasteiger partial charge is 0.385 e. The van der Waals surface area contributed by atoms with Crippen LogP contribution in [0, 0.1) is 6.92 Å². The quantitative estimate of drug-likeness (QED) is 0.847. The van der Waals surface area contributed by atoms with E-state index in [2.05, 4.69) is 34.9 Å². The average molecular weight is 388 g/mol. The highest BCUT2D eigenvalue weighted by atomic mass is 16.5. The zero-order valence-corrected chi connectivity index (χ0v) is 17.0. The third-order valence-corrected chi connectivity index (χ3v) is 6.17. The molecule has 0 radical (unpaired) electrons. The van der Waals surface area contributed by atoms with Crippen LogP contribution in [0.25, 0.3) is 0 Å². The number of likely N-dealkylation sites (tertiary alicyclic amines) is 1. The van der Waals surface area contributed by atoms with E-state index < -0.39 is 5.60 Å². The molecule has 0 aliphatic carbocycles. The zero-order chi connectivity index (χ0) is 19.6. The van der Waals surface area contributed by atoms with Crippen LogP contribution in [0.4, 0.5) is 5.69 Å². The van der Waals surface area contributed by atoms with Gasteiger partial charge in [0.05, 0.1) is 19.8 Å². The molecule has 6 heteroatoms. The van der Waals surface area contributed by atoms with Crippen LogP contribution in [-0.2, 0) is 16.0 Å². The maximum absolute atomic E-state index is 13.1. The lowest BCUT2D eigenvalue weighted by Crippen LogP contribution is -2.53. The fourth-order valence-electron chi connectivity index (χ4n) is 4.85. The minimum Gasteiger partial charge on any atom is -0.385 e. The number of hydrogen-bond acceptors (Lipinski definition) is 5. The number of β-amino-alcohol motifs (C(OH)–C–C–N with tert-alkyl or cyclic N) is 1. The molecule has 1 aromatic carbocycles. The predicted molar refractivity (Wildman–Crippen MR) is 110 cm³/mol. The number of amides is 1. The topological polar surface area (TPSA) is 56.3 Å². The Morgan fingerprint density at radius 3 is 2.79 bits per heavy atom. The van der Waals surface area contributed by atoms with Gasteiger partial charge in [0.15, 0.2) is 0 Å². The minimum absolute atomic E-state index is 0.121. The van der Waals surface area contributed by atoms with Gasteiger partial charge in [-0.05, 0) is 57.3 Å². The highest BCUT2D eigenvalue weighted by molar-refractivity contribution is 5.96. The molecule has 0 aromatic heterocycles. The predicted octanol–water partition coefficient (Wildman–Crippen LogP) is 1.43. The summed E-state index contributed by atoms with van der Waals surface area (Å²) < 4.78 is 5.70. The van der Waals surface area contributed by atoms with Crippen molar-refractivity contribution in [3.63, 3.8) is 0 Å². The first kappa shape index (κ1) is 19.8. The lowest BCUT2D eigenvalue weighted by Gasteiger charge is -2.35. The second-order valence-electron chi connectivity index (χ2n) is 8.75. The molecule has 4 rings (SSSR count). The van der Waals surface area contributed by atoms with Crippen LogP contribution in [0.3, 0.4) is 0 Å². The van der Waals surface area contributed by atoms with Crippen molar-refractivity contribution in [2.45, 2.75) is 38.2 Å². The van der Waals surface area contributed by atoms with Crippen molar-refractivity contribution in [2.24, 2.45) is 0 Å². The standard InChI is InChI=1S/C22H33N3O3/c1-18-6-7-20-19(13-18)5-4-10-25(20)21(26)14-24-11-12-28-17-22(27,16-24)15-23-8-2-3-9-23/h6-7,13,27H,2-5,8-12,14-17H2,1H3. The molecule has 0 saturated carbocycles.